The van der Waals surface area contributed by atoms with E-state index in [-0.39, 0.29) is 22.8 Å². The number of aliphatic hydroxyl groups is 1. The highest BCUT2D eigenvalue weighted by Crippen LogP contribution is 2.44. The predicted molar refractivity (Wildman–Crippen MR) is 241 cm³/mol. The number of amides is 1. The molecule has 0 saturated carbocycles. The molecule has 24 heteroatoms. The molecule has 2 fully saturated rings. The molecule has 4 N–H and O–H groups in total. The van der Waals surface area contributed by atoms with Crippen molar-refractivity contribution in [3.63, 3.8) is 0 Å². The minimum atomic E-state index is -5.03. The van der Waals surface area contributed by atoms with Crippen LogP contribution >= 0.6 is 0 Å². The molecule has 0 radical (unpaired) electrons. The van der Waals surface area contributed by atoms with Crippen molar-refractivity contribution in [1.29, 1.82) is 0 Å². The van der Waals surface area contributed by atoms with Gasteiger partial charge in [0.05, 0.1) is 39.7 Å². The van der Waals surface area contributed by atoms with E-state index in [0.717, 1.165) is 10.9 Å². The van der Waals surface area contributed by atoms with Crippen molar-refractivity contribution in [1.82, 2.24) is 43.8 Å². The lowest BCUT2D eigenvalue weighted by Crippen LogP contribution is -2.43. The molecule has 4 aromatic heterocycles. The molecule has 8 atom stereocenters. The van der Waals surface area contributed by atoms with Crippen LogP contribution in [0.5, 0.6) is 11.5 Å². The van der Waals surface area contributed by atoms with Crippen LogP contribution in [0.4, 0.5) is 14.7 Å². The Morgan fingerprint density at radius 3 is 2.13 bits per heavy atom. The maximum atomic E-state index is 17.4. The van der Waals surface area contributed by atoms with Crippen molar-refractivity contribution in [3.8, 4) is 11.5 Å². The first kappa shape index (κ1) is 47.3. The van der Waals surface area contributed by atoms with Gasteiger partial charge in [0, 0.05) is 12.5 Å². The number of hydrogen-bond acceptors (Lipinski definition) is 16. The van der Waals surface area contributed by atoms with Crippen molar-refractivity contribution in [2.45, 2.75) is 68.7 Å². The number of ether oxygens (including phenoxy) is 5. The average Bonchev–Trinajstić information content (AvgIpc) is 4.13. The van der Waals surface area contributed by atoms with Crippen LogP contribution in [0.3, 0.4) is 0 Å². The summed E-state index contributed by atoms with van der Waals surface area (Å²) in [7, 11) is -1.97. The van der Waals surface area contributed by atoms with Gasteiger partial charge in [-0.25, -0.2) is 32.9 Å². The molecule has 1 amide bonds. The Morgan fingerprint density at radius 1 is 0.855 bits per heavy atom. The van der Waals surface area contributed by atoms with E-state index < -0.39 is 95.7 Å². The smallest absolute Gasteiger partial charge is 0.336 e. The third kappa shape index (κ3) is 9.14. The number of rotatable bonds is 17. The lowest BCUT2D eigenvalue weighted by Gasteiger charge is -2.37. The van der Waals surface area contributed by atoms with E-state index in [1.807, 2.05) is 30.3 Å². The van der Waals surface area contributed by atoms with Crippen LogP contribution < -0.4 is 25.1 Å². The van der Waals surface area contributed by atoms with Crippen LogP contribution in [-0.4, -0.2) is 123 Å². The number of nitrogens with zero attached hydrogens (tertiary/aromatic N) is 7. The fourth-order valence-corrected chi connectivity index (χ4v) is 9.23. The number of carbonyl (C=O) groups is 1. The van der Waals surface area contributed by atoms with Gasteiger partial charge in [-0.1, -0.05) is 68.4 Å². The van der Waals surface area contributed by atoms with Gasteiger partial charge >= 0.3 is 10.3 Å². The van der Waals surface area contributed by atoms with Crippen molar-refractivity contribution >= 4 is 44.5 Å². The number of nitrogens with one attached hydrogen (secondary N) is 3. The van der Waals surface area contributed by atoms with Gasteiger partial charge in [0.1, 0.15) is 47.3 Å². The van der Waals surface area contributed by atoms with Gasteiger partial charge in [0.2, 0.25) is 11.9 Å². The second-order valence-electron chi connectivity index (χ2n) is 16.5. The van der Waals surface area contributed by atoms with E-state index in [4.69, 9.17) is 27.9 Å². The number of H-pyrrole nitrogens is 1. The fraction of sp³-hybridized carbons (Fsp3) is 0.356. The van der Waals surface area contributed by atoms with Gasteiger partial charge in [-0.2, -0.15) is 18.1 Å². The molecule has 2 aliphatic heterocycles. The molecule has 2 aliphatic rings. The summed E-state index contributed by atoms with van der Waals surface area (Å²) in [6.07, 6.45) is -9.44. The van der Waals surface area contributed by atoms with Gasteiger partial charge < -0.3 is 28.8 Å². The van der Waals surface area contributed by atoms with Gasteiger partial charge in [0.25, 0.3) is 5.56 Å². The topological polar surface area (TPSA) is 258 Å². The number of halogens is 2. The summed E-state index contributed by atoms with van der Waals surface area (Å²) in [5.74, 6) is -0.137. The van der Waals surface area contributed by atoms with Crippen molar-refractivity contribution in [2.75, 3.05) is 32.7 Å². The Morgan fingerprint density at radius 2 is 1.48 bits per heavy atom. The molecule has 0 unspecified atom stereocenters. The van der Waals surface area contributed by atoms with E-state index in [1.54, 1.807) is 62.4 Å². The molecule has 6 heterocycles. The lowest BCUT2D eigenvalue weighted by atomic mass is 9.80. The van der Waals surface area contributed by atoms with Crippen molar-refractivity contribution < 1.29 is 55.0 Å². The third-order valence-electron chi connectivity index (χ3n) is 11.9. The maximum absolute atomic E-state index is 17.4. The highest BCUT2D eigenvalue weighted by Gasteiger charge is 2.52. The zero-order chi connectivity index (χ0) is 48.6. The van der Waals surface area contributed by atoms with E-state index in [9.17, 15) is 23.1 Å². The molecule has 0 aliphatic carbocycles. The SMILES string of the molecule is COc1ccc(C(OC[C@H]2O[C@@H](n3cnc4c(=O)[nH]c(NC(=O)C(C)C)nc43)[C@H](OS(=O)(=O)NC[C@H]3O[C@@H](n4cnc5cncnc54)[C@H](F)[C@@H]3O)[C@@H]2F)(c2ccccc2)c2ccc(OC)cc2)cc1. The second-order valence-corrected chi connectivity index (χ2v) is 17.8. The summed E-state index contributed by atoms with van der Waals surface area (Å²) >= 11 is 0. The largest absolute Gasteiger partial charge is 0.497 e. The standard InChI is InChI=1S/C45H46F2N10O11S/c1-24(2)40(59)54-44-53-39-35(41(60)55-44)51-23-57(39)43-37(68-69(61,62)52-19-31-36(58)34(47)42(66-31)56-22-50-30-18-48-21-49-38(30)56)33(46)32(67-43)20-65-45(25-8-6-5-7-9-25,26-10-14-28(63-3)15-11-26)27-12-16-29(64-4)17-13-27/h5-18,21-24,31-34,36-37,42-43,52,58H,19-20H2,1-4H3,(H2,53,54,55,59,60)/t31-,32-,33-,34-,36-,37-,42-,43-/m1/s1. The van der Waals surface area contributed by atoms with Crippen molar-refractivity contribution in [2.24, 2.45) is 5.92 Å². The maximum Gasteiger partial charge on any atom is 0.336 e. The molecule has 0 bridgehead atoms. The number of aromatic amines is 1. The molecule has 362 valence electrons. The Hall–Kier alpha value is -6.80. The van der Waals surface area contributed by atoms with Crippen LogP contribution in [0.2, 0.25) is 0 Å². The normalized spacial score (nSPS) is 23.0. The lowest BCUT2D eigenvalue weighted by molar-refractivity contribution is -0.118. The molecule has 3 aromatic carbocycles. The van der Waals surface area contributed by atoms with Crippen molar-refractivity contribution in [3.05, 3.63) is 131 Å². The van der Waals surface area contributed by atoms with E-state index in [1.165, 1.54) is 37.6 Å². The number of hydrogen-bond donors (Lipinski definition) is 4. The monoisotopic (exact) mass is 972 g/mol. The van der Waals surface area contributed by atoms with Crippen LogP contribution in [0, 0.1) is 5.92 Å². The average molecular weight is 973 g/mol. The van der Waals surface area contributed by atoms with Crippen LogP contribution in [-0.2, 0) is 39.1 Å². The van der Waals surface area contributed by atoms with Crippen LogP contribution in [0.25, 0.3) is 22.3 Å². The highest BCUT2D eigenvalue weighted by molar-refractivity contribution is 7.84. The summed E-state index contributed by atoms with van der Waals surface area (Å²) in [5.41, 5.74) is -0.331. The Kier molecular flexibility index (Phi) is 13.2. The predicted octanol–water partition coefficient (Wildman–Crippen LogP) is 3.63. The zero-order valence-corrected chi connectivity index (χ0v) is 38.1. The van der Waals surface area contributed by atoms with Crippen LogP contribution in [0.15, 0.2) is 109 Å². The number of imidazole rings is 2. The fourth-order valence-electron chi connectivity index (χ4n) is 8.30. The van der Waals surface area contributed by atoms with E-state index in [2.05, 4.69) is 39.9 Å². The first-order chi connectivity index (χ1) is 33.2. The summed E-state index contributed by atoms with van der Waals surface area (Å²) < 4.78 is 101. The molecule has 21 nitrogen and oxygen atoms in total. The second kappa shape index (κ2) is 19.3. The third-order valence-corrected chi connectivity index (χ3v) is 12.9. The molecular weight excluding hydrogens is 927 g/mol. The number of fused-ring (bicyclic) bond motifs is 2. The number of anilines is 1. The minimum Gasteiger partial charge on any atom is -0.497 e. The molecule has 7 aromatic rings. The molecule has 69 heavy (non-hydrogen) atoms. The highest BCUT2D eigenvalue weighted by atomic mass is 32.2. The summed E-state index contributed by atoms with van der Waals surface area (Å²) in [4.78, 5) is 49.0. The summed E-state index contributed by atoms with van der Waals surface area (Å²) in [6, 6.07) is 23.3. The minimum absolute atomic E-state index is 0.209. The molecule has 9 rings (SSSR count). The first-order valence-electron chi connectivity index (χ1n) is 21.5. The van der Waals surface area contributed by atoms with E-state index >= 15 is 8.78 Å². The number of benzene rings is 3. The van der Waals surface area contributed by atoms with E-state index in [0.29, 0.717) is 33.7 Å². The molecule has 0 spiro atoms. The van der Waals surface area contributed by atoms with Gasteiger partial charge in [-0.15, -0.1) is 0 Å². The molecule has 2 saturated heterocycles. The quantitative estimate of drug-likeness (QED) is 0.0951. The zero-order valence-electron chi connectivity index (χ0n) is 37.2. The first-order valence-corrected chi connectivity index (χ1v) is 23.0. The van der Waals surface area contributed by atoms with Gasteiger partial charge in [0.15, 0.2) is 47.7 Å². The van der Waals surface area contributed by atoms with Gasteiger partial charge in [-0.3, -0.25) is 29.0 Å². The number of alkyl halides is 2. The Labute approximate surface area is 392 Å². The van der Waals surface area contributed by atoms with Crippen LogP contribution in [0.1, 0.15) is 43.0 Å². The number of carbonyl (C=O) groups excluding carboxylic acids is 1. The summed E-state index contributed by atoms with van der Waals surface area (Å²) in [5, 5.41) is 13.4. The number of aliphatic hydroxyl groups excluding tert-OH is 1. The number of methoxy groups -OCH3 is 2. The Balaban J connectivity index is 1.05. The summed E-state index contributed by atoms with van der Waals surface area (Å²) in [6.45, 7) is 1.99. The molecular formula is C45H46F2N10O11S. The van der Waals surface area contributed by atoms with Gasteiger partial charge in [-0.05, 0) is 41.0 Å². The Bertz CT molecular complexity index is 3060. The number of aromatic nitrogens is 8.